The van der Waals surface area contributed by atoms with Gasteiger partial charge in [-0.3, -0.25) is 14.9 Å². The van der Waals surface area contributed by atoms with E-state index >= 15 is 0 Å². The van der Waals surface area contributed by atoms with Crippen molar-refractivity contribution in [2.24, 2.45) is 0 Å². The van der Waals surface area contributed by atoms with Crippen LogP contribution in [0.25, 0.3) is 0 Å². The first kappa shape index (κ1) is 21.5. The minimum Gasteiger partial charge on any atom is -0.457 e. The summed E-state index contributed by atoms with van der Waals surface area (Å²) in [5.74, 6) is 0.382. The maximum atomic E-state index is 13.0. The molecule has 0 bridgehead atoms. The molecule has 32 heavy (non-hydrogen) atoms. The van der Waals surface area contributed by atoms with E-state index in [1.165, 1.54) is 23.3 Å². The van der Waals surface area contributed by atoms with Crippen LogP contribution >= 0.6 is 0 Å². The lowest BCUT2D eigenvalue weighted by atomic mass is 10.1. The summed E-state index contributed by atoms with van der Waals surface area (Å²) in [6.07, 6.45) is 1.67. The molecule has 3 aromatic carbocycles. The van der Waals surface area contributed by atoms with Gasteiger partial charge in [-0.05, 0) is 72.5 Å². The Bertz CT molecular complexity index is 1060. The first-order valence-electron chi connectivity index (χ1n) is 10.5. The zero-order valence-electron chi connectivity index (χ0n) is 17.4. The Labute approximate surface area is 185 Å². The highest BCUT2D eigenvalue weighted by molar-refractivity contribution is 5.92. The highest BCUT2D eigenvalue weighted by atomic mass is 19.1. The summed E-state index contributed by atoms with van der Waals surface area (Å²) in [6.45, 7) is 0.0941. The third kappa shape index (κ3) is 5.92. The van der Waals surface area contributed by atoms with Crippen molar-refractivity contribution in [1.29, 1.82) is 0 Å². The molecule has 1 aliphatic carbocycles. The second kappa shape index (κ2) is 10.1. The van der Waals surface area contributed by atoms with Gasteiger partial charge < -0.3 is 15.4 Å². The van der Waals surface area contributed by atoms with E-state index in [0.29, 0.717) is 17.2 Å². The third-order valence-electron chi connectivity index (χ3n) is 5.17. The molecule has 0 saturated heterocycles. The van der Waals surface area contributed by atoms with Crippen LogP contribution in [0.3, 0.4) is 0 Å². The molecule has 3 aromatic rings. The van der Waals surface area contributed by atoms with Crippen LogP contribution in [0.2, 0.25) is 0 Å². The van der Waals surface area contributed by atoms with Gasteiger partial charge in [0.25, 0.3) is 0 Å². The van der Waals surface area contributed by atoms with Gasteiger partial charge in [0.2, 0.25) is 11.8 Å². The molecule has 0 unspecified atom stereocenters. The van der Waals surface area contributed by atoms with E-state index in [1.54, 1.807) is 36.4 Å². The average molecular weight is 433 g/mol. The van der Waals surface area contributed by atoms with E-state index in [2.05, 4.69) is 28.1 Å². The smallest absolute Gasteiger partial charge is 0.238 e. The number of amides is 2. The number of hydrogen-bond donors (Lipinski definition) is 3. The molecule has 2 amide bonds. The summed E-state index contributed by atoms with van der Waals surface area (Å²) < 4.78 is 18.6. The predicted octanol–water partition coefficient (Wildman–Crippen LogP) is 3.43. The Balaban J connectivity index is 1.16. The van der Waals surface area contributed by atoms with Crippen molar-refractivity contribution in [2.75, 3.05) is 18.4 Å². The van der Waals surface area contributed by atoms with Gasteiger partial charge in [0, 0.05) is 11.7 Å². The van der Waals surface area contributed by atoms with Gasteiger partial charge in [-0.15, -0.1) is 0 Å². The van der Waals surface area contributed by atoms with Gasteiger partial charge in [0.15, 0.2) is 0 Å². The Kier molecular flexibility index (Phi) is 6.77. The van der Waals surface area contributed by atoms with Gasteiger partial charge >= 0.3 is 0 Å². The molecule has 0 aliphatic heterocycles. The van der Waals surface area contributed by atoms with Crippen LogP contribution in [0, 0.1) is 5.82 Å². The predicted molar refractivity (Wildman–Crippen MR) is 120 cm³/mol. The number of nitrogens with one attached hydrogen (secondary N) is 3. The Hall–Kier alpha value is -3.71. The van der Waals surface area contributed by atoms with Gasteiger partial charge in [0.1, 0.15) is 17.3 Å². The first-order valence-corrected chi connectivity index (χ1v) is 10.5. The standard InChI is InChI=1S/C25H24FN3O3/c26-19-5-9-22(10-6-19)32-23-11-7-20(8-12-23)28-24(30)15-27-16-25(31)29-21-13-17-3-1-2-4-18(17)14-21/h1-12,21,27H,13-16H2,(H,28,30)(H,29,31). The van der Waals surface area contributed by atoms with Crippen molar-refractivity contribution in [2.45, 2.75) is 18.9 Å². The van der Waals surface area contributed by atoms with Gasteiger partial charge in [-0.25, -0.2) is 4.39 Å². The monoisotopic (exact) mass is 433 g/mol. The van der Waals surface area contributed by atoms with Gasteiger partial charge in [-0.1, -0.05) is 24.3 Å². The number of rotatable bonds is 8. The van der Waals surface area contributed by atoms with Crippen LogP contribution in [0.15, 0.2) is 72.8 Å². The number of carbonyl (C=O) groups excluding carboxylic acids is 2. The van der Waals surface area contributed by atoms with Crippen molar-refractivity contribution >= 4 is 17.5 Å². The average Bonchev–Trinajstić information content (AvgIpc) is 3.19. The number of halogens is 1. The largest absolute Gasteiger partial charge is 0.457 e. The van der Waals surface area contributed by atoms with Crippen LogP contribution < -0.4 is 20.7 Å². The lowest BCUT2D eigenvalue weighted by molar-refractivity contribution is -0.121. The molecule has 164 valence electrons. The second-order valence-corrected chi connectivity index (χ2v) is 7.67. The molecule has 1 aliphatic rings. The SMILES string of the molecule is O=C(CNCC(=O)NC1Cc2ccccc2C1)Nc1ccc(Oc2ccc(F)cc2)cc1. The second-order valence-electron chi connectivity index (χ2n) is 7.67. The number of hydrogen-bond acceptors (Lipinski definition) is 4. The molecule has 0 heterocycles. The molecule has 4 rings (SSSR count). The van der Waals surface area contributed by atoms with Crippen molar-refractivity contribution < 1.29 is 18.7 Å². The third-order valence-corrected chi connectivity index (χ3v) is 5.17. The summed E-state index contributed by atoms with van der Waals surface area (Å²) in [6, 6.07) is 20.9. The van der Waals surface area contributed by atoms with E-state index in [-0.39, 0.29) is 36.8 Å². The lowest BCUT2D eigenvalue weighted by Crippen LogP contribution is -2.42. The molecular formula is C25H24FN3O3. The molecule has 0 atom stereocenters. The Morgan fingerprint density at radius 2 is 1.38 bits per heavy atom. The first-order chi connectivity index (χ1) is 15.5. The topological polar surface area (TPSA) is 79.5 Å². The van der Waals surface area contributed by atoms with Crippen LogP contribution in [-0.4, -0.2) is 30.9 Å². The van der Waals surface area contributed by atoms with Gasteiger partial charge in [0.05, 0.1) is 13.1 Å². The fraction of sp³-hybridized carbons (Fsp3) is 0.200. The maximum Gasteiger partial charge on any atom is 0.238 e. The van der Waals surface area contributed by atoms with E-state index in [9.17, 15) is 14.0 Å². The zero-order chi connectivity index (χ0) is 22.3. The Morgan fingerprint density at radius 1 is 0.812 bits per heavy atom. The minimum absolute atomic E-state index is 0.0200. The highest BCUT2D eigenvalue weighted by Crippen LogP contribution is 2.23. The van der Waals surface area contributed by atoms with E-state index in [0.717, 1.165) is 12.8 Å². The minimum atomic E-state index is -0.328. The summed E-state index contributed by atoms with van der Waals surface area (Å²) in [4.78, 5) is 24.3. The van der Waals surface area contributed by atoms with Crippen LogP contribution in [0.5, 0.6) is 11.5 Å². The maximum absolute atomic E-state index is 13.0. The molecule has 7 heteroatoms. The molecule has 0 radical (unpaired) electrons. The highest BCUT2D eigenvalue weighted by Gasteiger charge is 2.22. The summed E-state index contributed by atoms with van der Waals surface area (Å²) in [5, 5.41) is 8.64. The zero-order valence-corrected chi connectivity index (χ0v) is 17.4. The number of benzene rings is 3. The normalized spacial score (nSPS) is 12.8. The van der Waals surface area contributed by atoms with E-state index < -0.39 is 0 Å². The van der Waals surface area contributed by atoms with E-state index in [4.69, 9.17) is 4.74 Å². The fourth-order valence-corrected chi connectivity index (χ4v) is 3.68. The molecule has 0 aromatic heterocycles. The molecule has 0 spiro atoms. The number of fused-ring (bicyclic) bond motifs is 1. The molecule has 6 nitrogen and oxygen atoms in total. The fourth-order valence-electron chi connectivity index (χ4n) is 3.68. The van der Waals surface area contributed by atoms with Crippen LogP contribution in [0.4, 0.5) is 10.1 Å². The molecule has 0 fully saturated rings. The number of ether oxygens (including phenoxy) is 1. The molecule has 3 N–H and O–H groups in total. The molecular weight excluding hydrogens is 409 g/mol. The van der Waals surface area contributed by atoms with Crippen molar-refractivity contribution in [3.63, 3.8) is 0 Å². The summed E-state index contributed by atoms with van der Waals surface area (Å²) in [5.41, 5.74) is 3.16. The van der Waals surface area contributed by atoms with Crippen LogP contribution in [-0.2, 0) is 22.4 Å². The Morgan fingerprint density at radius 3 is 2.00 bits per heavy atom. The van der Waals surface area contributed by atoms with Gasteiger partial charge in [-0.2, -0.15) is 0 Å². The van der Waals surface area contributed by atoms with Crippen molar-refractivity contribution in [3.8, 4) is 11.5 Å². The lowest BCUT2D eigenvalue weighted by Gasteiger charge is -2.12. The van der Waals surface area contributed by atoms with E-state index in [1.807, 2.05) is 12.1 Å². The molecule has 0 saturated carbocycles. The quantitative estimate of drug-likeness (QED) is 0.509. The number of anilines is 1. The number of carbonyl (C=O) groups is 2. The van der Waals surface area contributed by atoms with Crippen LogP contribution in [0.1, 0.15) is 11.1 Å². The summed E-state index contributed by atoms with van der Waals surface area (Å²) >= 11 is 0. The van der Waals surface area contributed by atoms with Crippen molar-refractivity contribution in [3.05, 3.63) is 89.7 Å². The summed E-state index contributed by atoms with van der Waals surface area (Å²) in [7, 11) is 0. The van der Waals surface area contributed by atoms with Crippen molar-refractivity contribution in [1.82, 2.24) is 10.6 Å².